The van der Waals surface area contributed by atoms with Gasteiger partial charge >= 0.3 is 0 Å². The van der Waals surface area contributed by atoms with E-state index in [0.29, 0.717) is 5.56 Å². The minimum Gasteiger partial charge on any atom is -0.329 e. The number of imide groups is 1. The Balaban J connectivity index is 2.39. The number of thioether (sulfide) groups is 1. The van der Waals surface area contributed by atoms with Crippen molar-refractivity contribution in [1.29, 1.82) is 0 Å². The van der Waals surface area contributed by atoms with Crippen LogP contribution in [0.2, 0.25) is 0 Å². The molecule has 1 saturated heterocycles. The Morgan fingerprint density at radius 1 is 1.27 bits per heavy atom. The highest BCUT2D eigenvalue weighted by Crippen LogP contribution is 2.24. The monoisotopic (exact) mass is 222 g/mol. The molecule has 1 aromatic heterocycles. The fourth-order valence-electron chi connectivity index (χ4n) is 1.11. The van der Waals surface area contributed by atoms with E-state index in [1.165, 1.54) is 12.3 Å². The average Bonchev–Trinajstić information content (AvgIpc) is 2.49. The third-order valence-electron chi connectivity index (χ3n) is 1.78. The van der Waals surface area contributed by atoms with E-state index in [2.05, 4.69) is 10.3 Å². The van der Waals surface area contributed by atoms with E-state index in [0.717, 1.165) is 11.8 Å². The first-order valence-corrected chi connectivity index (χ1v) is 4.91. The zero-order valence-electron chi connectivity index (χ0n) is 7.44. The Morgan fingerprint density at radius 2 is 2.07 bits per heavy atom. The molecule has 76 valence electrons. The number of carbonyl (C=O) groups is 2. The van der Waals surface area contributed by atoms with Crippen molar-refractivity contribution in [2.24, 2.45) is 0 Å². The highest BCUT2D eigenvalue weighted by molar-refractivity contribution is 8.18. The average molecular weight is 222 g/mol. The molecule has 2 heterocycles. The highest BCUT2D eigenvalue weighted by atomic mass is 32.2. The van der Waals surface area contributed by atoms with Gasteiger partial charge in [-0.05, 0) is 30.0 Å². The molecular weight excluding hydrogens is 216 g/mol. The molecule has 0 aromatic carbocycles. The van der Waals surface area contributed by atoms with Crippen LogP contribution in [0.4, 0.5) is 4.79 Å². The lowest BCUT2D eigenvalue weighted by Gasteiger charge is -1.92. The first-order valence-electron chi connectivity index (χ1n) is 4.09. The van der Waals surface area contributed by atoms with Crippen molar-refractivity contribution in [3.63, 3.8) is 0 Å². The van der Waals surface area contributed by atoms with E-state index in [9.17, 15) is 14.4 Å². The topological polar surface area (TPSA) is 79.0 Å². The van der Waals surface area contributed by atoms with Gasteiger partial charge in [0.2, 0.25) is 0 Å². The molecule has 0 spiro atoms. The number of H-pyrrole nitrogens is 1. The molecule has 1 aliphatic heterocycles. The third kappa shape index (κ3) is 1.99. The molecule has 15 heavy (non-hydrogen) atoms. The Morgan fingerprint density at radius 3 is 2.67 bits per heavy atom. The predicted molar refractivity (Wildman–Crippen MR) is 56.2 cm³/mol. The van der Waals surface area contributed by atoms with Crippen LogP contribution in [0.3, 0.4) is 0 Å². The second-order valence-electron chi connectivity index (χ2n) is 2.81. The number of hydrogen-bond acceptors (Lipinski definition) is 4. The molecule has 2 rings (SSSR count). The lowest BCUT2D eigenvalue weighted by atomic mass is 10.2. The molecule has 0 bridgehead atoms. The van der Waals surface area contributed by atoms with Crippen LogP contribution in [0.15, 0.2) is 28.0 Å². The third-order valence-corrected chi connectivity index (χ3v) is 2.59. The Labute approximate surface area is 88.6 Å². The second kappa shape index (κ2) is 3.74. The molecule has 6 heteroatoms. The summed E-state index contributed by atoms with van der Waals surface area (Å²) in [5, 5.41) is 1.69. The van der Waals surface area contributed by atoms with Crippen molar-refractivity contribution < 1.29 is 9.59 Å². The molecule has 1 aromatic rings. The van der Waals surface area contributed by atoms with Crippen LogP contribution in [0.5, 0.6) is 0 Å². The summed E-state index contributed by atoms with van der Waals surface area (Å²) >= 11 is 0.786. The van der Waals surface area contributed by atoms with Gasteiger partial charge in [-0.3, -0.25) is 19.7 Å². The summed E-state index contributed by atoms with van der Waals surface area (Å²) in [6, 6.07) is 3.22. The van der Waals surface area contributed by atoms with Gasteiger partial charge in [-0.15, -0.1) is 0 Å². The quantitative estimate of drug-likeness (QED) is 0.685. The molecule has 0 unspecified atom stereocenters. The summed E-state index contributed by atoms with van der Waals surface area (Å²) in [5.74, 6) is -0.465. The van der Waals surface area contributed by atoms with Gasteiger partial charge in [0.25, 0.3) is 16.7 Å². The fraction of sp³-hybridized carbons (Fsp3) is 0. The van der Waals surface area contributed by atoms with Gasteiger partial charge in [-0.1, -0.05) is 0 Å². The number of aromatic nitrogens is 1. The van der Waals surface area contributed by atoms with Gasteiger partial charge < -0.3 is 4.98 Å². The van der Waals surface area contributed by atoms with E-state index in [1.807, 2.05) is 0 Å². The molecular formula is C9H6N2O3S. The maximum atomic E-state index is 11.3. The molecule has 2 N–H and O–H groups in total. The molecule has 0 atom stereocenters. The highest BCUT2D eigenvalue weighted by Gasteiger charge is 2.25. The van der Waals surface area contributed by atoms with Crippen molar-refractivity contribution in [2.45, 2.75) is 0 Å². The fourth-order valence-corrected chi connectivity index (χ4v) is 1.78. The number of carbonyl (C=O) groups excluding carboxylic acids is 2. The number of rotatable bonds is 1. The van der Waals surface area contributed by atoms with Crippen LogP contribution in [0.25, 0.3) is 6.08 Å². The number of amides is 2. The van der Waals surface area contributed by atoms with E-state index in [1.54, 1.807) is 12.1 Å². The van der Waals surface area contributed by atoms with Crippen molar-refractivity contribution >= 4 is 29.0 Å². The molecule has 1 aliphatic rings. The molecule has 0 aliphatic carbocycles. The van der Waals surface area contributed by atoms with Gasteiger partial charge in [0.15, 0.2) is 0 Å². The smallest absolute Gasteiger partial charge is 0.290 e. The van der Waals surface area contributed by atoms with Gasteiger partial charge in [0, 0.05) is 11.8 Å². The summed E-state index contributed by atoms with van der Waals surface area (Å²) in [6.45, 7) is 0. The number of hydrogen-bond donors (Lipinski definition) is 2. The van der Waals surface area contributed by atoms with E-state index >= 15 is 0 Å². The van der Waals surface area contributed by atoms with E-state index in [-0.39, 0.29) is 10.5 Å². The summed E-state index contributed by atoms with van der Waals surface area (Å²) < 4.78 is 0. The maximum Gasteiger partial charge on any atom is 0.290 e. The normalized spacial score (nSPS) is 18.3. The van der Waals surface area contributed by atoms with Crippen LogP contribution in [-0.2, 0) is 4.79 Å². The SMILES string of the molecule is O=C1NC(=O)/C(=C/c2ccc[nH]c2=O)S1. The zero-order valence-corrected chi connectivity index (χ0v) is 8.26. The minimum absolute atomic E-state index is 0.233. The number of pyridine rings is 1. The number of nitrogens with one attached hydrogen (secondary N) is 2. The summed E-state index contributed by atoms with van der Waals surface area (Å²) in [7, 11) is 0. The van der Waals surface area contributed by atoms with Crippen molar-refractivity contribution in [1.82, 2.24) is 10.3 Å². The lowest BCUT2D eigenvalue weighted by Crippen LogP contribution is -2.18. The van der Waals surface area contributed by atoms with Gasteiger partial charge in [-0.2, -0.15) is 0 Å². The van der Waals surface area contributed by atoms with Gasteiger partial charge in [0.1, 0.15) is 0 Å². The minimum atomic E-state index is -0.465. The Kier molecular flexibility index (Phi) is 2.42. The second-order valence-corrected chi connectivity index (χ2v) is 3.82. The van der Waals surface area contributed by atoms with Crippen LogP contribution in [-0.4, -0.2) is 16.1 Å². The van der Waals surface area contributed by atoms with Crippen LogP contribution in [0.1, 0.15) is 5.56 Å². The van der Waals surface area contributed by atoms with Crippen LogP contribution >= 0.6 is 11.8 Å². The predicted octanol–water partition coefficient (Wildman–Crippen LogP) is 0.699. The van der Waals surface area contributed by atoms with Gasteiger partial charge in [0.05, 0.1) is 4.91 Å². The summed E-state index contributed by atoms with van der Waals surface area (Å²) in [5.41, 5.74) is 0.0580. The van der Waals surface area contributed by atoms with Crippen LogP contribution in [0, 0.1) is 0 Å². The lowest BCUT2D eigenvalue weighted by molar-refractivity contribution is -0.115. The largest absolute Gasteiger partial charge is 0.329 e. The van der Waals surface area contributed by atoms with Crippen molar-refractivity contribution in [3.8, 4) is 0 Å². The van der Waals surface area contributed by atoms with Crippen LogP contribution < -0.4 is 10.9 Å². The number of aromatic amines is 1. The maximum absolute atomic E-state index is 11.3. The molecule has 1 fully saturated rings. The first-order chi connectivity index (χ1) is 7.16. The van der Waals surface area contributed by atoms with Crippen molar-refractivity contribution in [3.05, 3.63) is 39.2 Å². The first kappa shape index (κ1) is 9.72. The molecule has 0 radical (unpaired) electrons. The van der Waals surface area contributed by atoms with E-state index < -0.39 is 11.1 Å². The van der Waals surface area contributed by atoms with E-state index in [4.69, 9.17) is 0 Å². The molecule has 0 saturated carbocycles. The van der Waals surface area contributed by atoms with Gasteiger partial charge in [-0.25, -0.2) is 0 Å². The van der Waals surface area contributed by atoms with Crippen molar-refractivity contribution in [2.75, 3.05) is 0 Å². The molecule has 2 amide bonds. The summed E-state index contributed by atoms with van der Waals surface area (Å²) in [6.07, 6.45) is 2.89. The Hall–Kier alpha value is -1.82. The zero-order chi connectivity index (χ0) is 10.8. The summed E-state index contributed by atoms with van der Waals surface area (Å²) in [4.78, 5) is 36.0. The molecule has 5 nitrogen and oxygen atoms in total. The standard InChI is InChI=1S/C9H6N2O3S/c12-7-5(2-1-3-10-7)4-6-8(13)11-9(14)15-6/h1-4H,(H,10,12)(H,11,13,14)/b6-4-. The Bertz CT molecular complexity index is 518.